The lowest BCUT2D eigenvalue weighted by Crippen LogP contribution is -2.47. The van der Waals surface area contributed by atoms with Gasteiger partial charge >= 0.3 is 18.4 Å². The predicted molar refractivity (Wildman–Crippen MR) is 99.1 cm³/mol. The van der Waals surface area contributed by atoms with Crippen LogP contribution in [0.15, 0.2) is 24.3 Å². The Morgan fingerprint density at radius 2 is 1.62 bits per heavy atom. The van der Waals surface area contributed by atoms with Crippen molar-refractivity contribution in [1.82, 2.24) is 15.0 Å². The maximum Gasteiger partial charge on any atom is 0.434 e. The van der Waals surface area contributed by atoms with Crippen LogP contribution < -0.4 is 15.0 Å². The number of hydrogen-bond acceptors (Lipinski definition) is 8. The first kappa shape index (κ1) is 23.5. The topological polar surface area (TPSA) is 89.5 Å². The zero-order valence-electron chi connectivity index (χ0n) is 16.5. The molecule has 1 aromatic carbocycles. The van der Waals surface area contributed by atoms with Crippen molar-refractivity contribution in [3.8, 4) is 6.01 Å². The molecule has 0 atom stereocenters. The number of carbonyl (C=O) groups excluding carboxylic acids is 1. The van der Waals surface area contributed by atoms with Crippen molar-refractivity contribution >= 4 is 23.4 Å². The van der Waals surface area contributed by atoms with Crippen LogP contribution in [0.5, 0.6) is 6.01 Å². The van der Waals surface area contributed by atoms with E-state index in [1.807, 2.05) is 0 Å². The second kappa shape index (κ2) is 9.14. The number of morpholine rings is 1. The summed E-state index contributed by atoms with van der Waals surface area (Å²) in [5.41, 5.74) is 0.741. The van der Waals surface area contributed by atoms with E-state index in [0.29, 0.717) is 11.3 Å². The molecule has 0 bridgehead atoms. The first-order valence-electron chi connectivity index (χ1n) is 9.20. The minimum absolute atomic E-state index is 0.177. The number of anilines is 3. The molecular formula is C18H17F6N5O3. The summed E-state index contributed by atoms with van der Waals surface area (Å²) in [7, 11) is 0. The van der Waals surface area contributed by atoms with Gasteiger partial charge < -0.3 is 19.7 Å². The number of aromatic nitrogens is 3. The Bertz CT molecular complexity index is 932. The number of nitrogens with zero attached hydrogens (tertiary/aromatic N) is 4. The molecule has 1 aromatic heterocycles. The van der Waals surface area contributed by atoms with E-state index in [9.17, 15) is 31.1 Å². The molecule has 174 valence electrons. The quantitative estimate of drug-likeness (QED) is 0.512. The summed E-state index contributed by atoms with van der Waals surface area (Å²) in [5, 5.41) is 2.67. The van der Waals surface area contributed by atoms with Gasteiger partial charge in [-0.2, -0.15) is 41.3 Å². The fraction of sp³-hybridized carbons (Fsp3) is 0.444. The lowest BCUT2D eigenvalue weighted by Gasteiger charge is -2.27. The molecule has 14 heteroatoms. The van der Waals surface area contributed by atoms with Crippen molar-refractivity contribution in [3.05, 3.63) is 29.8 Å². The zero-order chi connectivity index (χ0) is 23.5. The summed E-state index contributed by atoms with van der Waals surface area (Å²) in [4.78, 5) is 24.2. The van der Waals surface area contributed by atoms with Gasteiger partial charge in [0, 0.05) is 24.3 Å². The highest BCUT2D eigenvalue weighted by Crippen LogP contribution is 2.36. The van der Waals surface area contributed by atoms with Crippen molar-refractivity contribution in [2.24, 2.45) is 0 Å². The van der Waals surface area contributed by atoms with E-state index < -0.39 is 24.5 Å². The zero-order valence-corrected chi connectivity index (χ0v) is 16.5. The smallest absolute Gasteiger partial charge is 0.434 e. The Hall–Kier alpha value is -3.16. The number of halogens is 6. The third kappa shape index (κ3) is 5.96. The van der Waals surface area contributed by atoms with Gasteiger partial charge in [0.15, 0.2) is 5.78 Å². The van der Waals surface area contributed by atoms with Crippen molar-refractivity contribution in [2.45, 2.75) is 25.4 Å². The van der Waals surface area contributed by atoms with Gasteiger partial charge in [-0.25, -0.2) is 0 Å². The van der Waals surface area contributed by atoms with E-state index in [-0.39, 0.29) is 44.0 Å². The summed E-state index contributed by atoms with van der Waals surface area (Å²) >= 11 is 0. The number of ketones is 1. The maximum absolute atomic E-state index is 12.9. The number of rotatable bonds is 6. The Balaban J connectivity index is 1.94. The Kier molecular flexibility index (Phi) is 6.71. The molecule has 32 heavy (non-hydrogen) atoms. The third-order valence-corrected chi connectivity index (χ3v) is 4.26. The molecule has 0 radical (unpaired) electrons. The average molecular weight is 465 g/mol. The van der Waals surface area contributed by atoms with Crippen molar-refractivity contribution in [2.75, 3.05) is 36.5 Å². The highest BCUT2D eigenvalue weighted by atomic mass is 19.4. The number of carbonyl (C=O) groups is 1. The van der Waals surface area contributed by atoms with Gasteiger partial charge in [-0.15, -0.1) is 0 Å². The van der Waals surface area contributed by atoms with Crippen LogP contribution in [0, 0.1) is 0 Å². The lowest BCUT2D eigenvalue weighted by molar-refractivity contribution is -0.301. The van der Waals surface area contributed by atoms with Crippen LogP contribution in [0.2, 0.25) is 0 Å². The van der Waals surface area contributed by atoms with Crippen LogP contribution in [0.3, 0.4) is 0 Å². The van der Waals surface area contributed by atoms with Crippen LogP contribution in [-0.4, -0.2) is 65.5 Å². The number of alkyl halides is 6. The number of benzene rings is 1. The van der Waals surface area contributed by atoms with Gasteiger partial charge in [0.05, 0.1) is 13.2 Å². The molecule has 1 fully saturated rings. The lowest BCUT2D eigenvalue weighted by atomic mass is 10.1. The molecule has 0 unspecified atom stereocenters. The van der Waals surface area contributed by atoms with Crippen LogP contribution in [0.1, 0.15) is 17.3 Å². The minimum atomic E-state index is -5.74. The summed E-state index contributed by atoms with van der Waals surface area (Å²) < 4.78 is 86.9. The molecule has 1 N–H and O–H groups in total. The van der Waals surface area contributed by atoms with E-state index in [2.05, 4.69) is 25.0 Å². The largest absolute Gasteiger partial charge is 0.440 e. The Labute approximate surface area is 177 Å². The molecule has 2 aromatic rings. The first-order valence-corrected chi connectivity index (χ1v) is 9.20. The van der Waals surface area contributed by atoms with Crippen molar-refractivity contribution in [3.63, 3.8) is 0 Å². The highest BCUT2D eigenvalue weighted by Gasteiger charge is 2.59. The number of ether oxygens (including phenoxy) is 2. The normalized spacial score (nSPS) is 15.1. The molecule has 2 heterocycles. The fourth-order valence-electron chi connectivity index (χ4n) is 2.70. The van der Waals surface area contributed by atoms with Gasteiger partial charge in [-0.3, -0.25) is 4.79 Å². The molecule has 0 spiro atoms. The third-order valence-electron chi connectivity index (χ3n) is 4.26. The van der Waals surface area contributed by atoms with Gasteiger partial charge in [0.1, 0.15) is 0 Å². The van der Waals surface area contributed by atoms with Crippen LogP contribution in [0.25, 0.3) is 0 Å². The molecule has 8 nitrogen and oxygen atoms in total. The van der Waals surface area contributed by atoms with E-state index in [1.54, 1.807) is 0 Å². The van der Waals surface area contributed by atoms with Gasteiger partial charge in [0.25, 0.3) is 6.10 Å². The maximum atomic E-state index is 12.9. The summed E-state index contributed by atoms with van der Waals surface area (Å²) in [6.07, 6.45) is -15.6. The molecule has 0 amide bonds. The van der Waals surface area contributed by atoms with Gasteiger partial charge in [-0.1, -0.05) is 0 Å². The fourth-order valence-corrected chi connectivity index (χ4v) is 2.70. The second-order valence-electron chi connectivity index (χ2n) is 6.68. The SMILES string of the molecule is CC(=O)c1ccc(Nc2nc(OC(C(F)(F)F)C(F)(F)F)nc(N3CCOCC3)n2)cc1. The average Bonchev–Trinajstić information content (AvgIpc) is 2.71. The monoisotopic (exact) mass is 465 g/mol. The molecule has 3 rings (SSSR count). The Morgan fingerprint density at radius 3 is 2.16 bits per heavy atom. The molecule has 1 aliphatic rings. The number of nitrogens with one attached hydrogen (secondary N) is 1. The second-order valence-corrected chi connectivity index (χ2v) is 6.68. The minimum Gasteiger partial charge on any atom is -0.440 e. The molecule has 1 saturated heterocycles. The predicted octanol–water partition coefficient (Wildman–Crippen LogP) is 3.53. The van der Waals surface area contributed by atoms with Gasteiger partial charge in [-0.05, 0) is 31.2 Å². The van der Waals surface area contributed by atoms with Crippen LogP contribution in [-0.2, 0) is 4.74 Å². The van der Waals surface area contributed by atoms with Crippen LogP contribution >= 0.6 is 0 Å². The number of hydrogen-bond donors (Lipinski definition) is 1. The van der Waals surface area contributed by atoms with Gasteiger partial charge in [0.2, 0.25) is 11.9 Å². The summed E-state index contributed by atoms with van der Waals surface area (Å²) in [5.74, 6) is -0.702. The summed E-state index contributed by atoms with van der Waals surface area (Å²) in [6, 6.07) is 4.77. The standard InChI is InChI=1S/C18H17F6N5O3/c1-10(30)11-2-4-12(5-3-11)25-14-26-15(29-6-8-31-9-7-29)28-16(27-14)32-13(17(19,20)21)18(22,23)24/h2-5,13H,6-9H2,1H3,(H,25,26,27,28). The van der Waals surface area contributed by atoms with Crippen LogP contribution in [0.4, 0.5) is 43.9 Å². The van der Waals surface area contributed by atoms with E-state index in [4.69, 9.17) is 4.74 Å². The molecule has 1 aliphatic heterocycles. The molecular weight excluding hydrogens is 448 g/mol. The van der Waals surface area contributed by atoms with E-state index >= 15 is 0 Å². The Morgan fingerprint density at radius 1 is 1.03 bits per heavy atom. The molecule has 0 aliphatic carbocycles. The molecule has 0 saturated carbocycles. The summed E-state index contributed by atoms with van der Waals surface area (Å²) in [6.45, 7) is 2.43. The van der Waals surface area contributed by atoms with E-state index in [0.717, 1.165) is 0 Å². The van der Waals surface area contributed by atoms with E-state index in [1.165, 1.54) is 36.1 Å². The highest BCUT2D eigenvalue weighted by molar-refractivity contribution is 5.94. The first-order chi connectivity index (χ1) is 14.9. The van der Waals surface area contributed by atoms with Crippen molar-refractivity contribution in [1.29, 1.82) is 0 Å². The number of Topliss-reactive ketones (excluding diaryl/α,β-unsaturated/α-hetero) is 1. The van der Waals surface area contributed by atoms with Crippen molar-refractivity contribution < 1.29 is 40.6 Å².